The van der Waals surface area contributed by atoms with Crippen LogP contribution in [0.2, 0.25) is 0 Å². The molecule has 1 unspecified atom stereocenters. The van der Waals surface area contributed by atoms with Crippen molar-refractivity contribution >= 4 is 21.8 Å². The molecule has 0 spiro atoms. The van der Waals surface area contributed by atoms with Gasteiger partial charge < -0.3 is 4.90 Å². The molecule has 1 aromatic rings. The summed E-state index contributed by atoms with van der Waals surface area (Å²) in [6.45, 7) is 0.0724. The van der Waals surface area contributed by atoms with E-state index in [1.54, 1.807) is 7.05 Å². The number of carbonyl (C=O) groups is 1. The molecule has 19 heavy (non-hydrogen) atoms. The van der Waals surface area contributed by atoms with Gasteiger partial charge >= 0.3 is 6.18 Å². The van der Waals surface area contributed by atoms with Crippen LogP contribution in [0.15, 0.2) is 10.7 Å². The maximum absolute atomic E-state index is 12.7. The highest BCUT2D eigenvalue weighted by atomic mass is 79.9. The lowest BCUT2D eigenvalue weighted by atomic mass is 9.97. The fourth-order valence-electron chi connectivity index (χ4n) is 2.23. The number of aryl methyl sites for hydroxylation is 1. The molecule has 1 aliphatic rings. The lowest BCUT2D eigenvalue weighted by molar-refractivity contribution is -0.184. The number of hydrogen-bond acceptors (Lipinski definition) is 2. The van der Waals surface area contributed by atoms with Crippen molar-refractivity contribution in [3.63, 3.8) is 0 Å². The average molecular weight is 340 g/mol. The molecule has 8 heteroatoms. The van der Waals surface area contributed by atoms with Crippen molar-refractivity contribution < 1.29 is 18.0 Å². The van der Waals surface area contributed by atoms with Crippen LogP contribution < -0.4 is 0 Å². The Balaban J connectivity index is 2.16. The standard InChI is InChI=1S/C11H13BrF3N3O/c1-17-9(8(12)5-16-17)10(19)18-4-2-3-7(6-18)11(13,14)15/h5,7H,2-4,6H2,1H3. The molecule has 0 bridgehead atoms. The molecular weight excluding hydrogens is 327 g/mol. The third kappa shape index (κ3) is 2.93. The minimum atomic E-state index is -4.25. The summed E-state index contributed by atoms with van der Waals surface area (Å²) in [7, 11) is 1.59. The van der Waals surface area contributed by atoms with E-state index in [1.165, 1.54) is 15.8 Å². The van der Waals surface area contributed by atoms with Crippen LogP contribution in [-0.4, -0.2) is 39.9 Å². The Morgan fingerprint density at radius 2 is 2.21 bits per heavy atom. The van der Waals surface area contributed by atoms with Crippen LogP contribution in [0.4, 0.5) is 13.2 Å². The molecule has 1 amide bonds. The smallest absolute Gasteiger partial charge is 0.337 e. The van der Waals surface area contributed by atoms with Gasteiger partial charge in [-0.25, -0.2) is 0 Å². The largest absolute Gasteiger partial charge is 0.393 e. The second-order valence-corrected chi connectivity index (χ2v) is 5.45. The highest BCUT2D eigenvalue weighted by Gasteiger charge is 2.43. The van der Waals surface area contributed by atoms with Gasteiger partial charge in [-0.3, -0.25) is 9.48 Å². The maximum Gasteiger partial charge on any atom is 0.393 e. The van der Waals surface area contributed by atoms with Crippen LogP contribution in [0.3, 0.4) is 0 Å². The first-order chi connectivity index (χ1) is 8.80. The molecule has 4 nitrogen and oxygen atoms in total. The van der Waals surface area contributed by atoms with Gasteiger partial charge in [-0.05, 0) is 28.8 Å². The molecule has 1 atom stereocenters. The molecule has 1 aromatic heterocycles. The Bertz CT molecular complexity index is 467. The van der Waals surface area contributed by atoms with Gasteiger partial charge in [-0.15, -0.1) is 0 Å². The molecule has 0 aliphatic carbocycles. The van der Waals surface area contributed by atoms with E-state index >= 15 is 0 Å². The van der Waals surface area contributed by atoms with Gasteiger partial charge in [0, 0.05) is 20.1 Å². The van der Waals surface area contributed by atoms with Crippen LogP contribution in [0, 0.1) is 5.92 Å². The van der Waals surface area contributed by atoms with Crippen LogP contribution in [0.1, 0.15) is 23.3 Å². The molecule has 106 valence electrons. The monoisotopic (exact) mass is 339 g/mol. The minimum absolute atomic E-state index is 0.0832. The number of amides is 1. The SMILES string of the molecule is Cn1ncc(Br)c1C(=O)N1CCCC(C(F)(F)F)C1. The Labute approximate surface area is 116 Å². The Hall–Kier alpha value is -1.05. The summed E-state index contributed by atoms with van der Waals surface area (Å²) in [4.78, 5) is 13.5. The summed E-state index contributed by atoms with van der Waals surface area (Å²) >= 11 is 3.19. The van der Waals surface area contributed by atoms with Crippen molar-refractivity contribution in [1.29, 1.82) is 0 Å². The van der Waals surface area contributed by atoms with Crippen molar-refractivity contribution in [3.05, 3.63) is 16.4 Å². The molecule has 1 saturated heterocycles. The summed E-state index contributed by atoms with van der Waals surface area (Å²) in [5.74, 6) is -1.85. The van der Waals surface area contributed by atoms with E-state index in [0.29, 0.717) is 17.4 Å². The second kappa shape index (κ2) is 5.15. The number of aromatic nitrogens is 2. The highest BCUT2D eigenvalue weighted by Crippen LogP contribution is 2.33. The number of nitrogens with zero attached hydrogens (tertiary/aromatic N) is 3. The number of carbonyl (C=O) groups excluding carboxylic acids is 1. The third-order valence-corrected chi connectivity index (χ3v) is 3.85. The van der Waals surface area contributed by atoms with E-state index in [1.807, 2.05) is 0 Å². The van der Waals surface area contributed by atoms with Crippen LogP contribution in [-0.2, 0) is 7.05 Å². The zero-order valence-electron chi connectivity index (χ0n) is 10.2. The Morgan fingerprint density at radius 3 is 2.74 bits per heavy atom. The first kappa shape index (κ1) is 14.4. The minimum Gasteiger partial charge on any atom is -0.337 e. The lowest BCUT2D eigenvalue weighted by Crippen LogP contribution is -2.45. The fraction of sp³-hybridized carbons (Fsp3) is 0.636. The van der Waals surface area contributed by atoms with Crippen LogP contribution >= 0.6 is 15.9 Å². The predicted octanol–water partition coefficient (Wildman–Crippen LogP) is 2.60. The first-order valence-corrected chi connectivity index (χ1v) is 6.63. The molecule has 0 radical (unpaired) electrons. The average Bonchev–Trinajstić information content (AvgIpc) is 2.67. The van der Waals surface area contributed by atoms with E-state index in [4.69, 9.17) is 0 Å². The van der Waals surface area contributed by atoms with Crippen molar-refractivity contribution in [2.45, 2.75) is 19.0 Å². The number of hydrogen-bond donors (Lipinski definition) is 0. The van der Waals surface area contributed by atoms with Gasteiger partial charge in [-0.2, -0.15) is 18.3 Å². The summed E-state index contributed by atoms with van der Waals surface area (Å²) < 4.78 is 40.0. The van der Waals surface area contributed by atoms with E-state index in [2.05, 4.69) is 21.0 Å². The summed E-state index contributed by atoms with van der Waals surface area (Å²) in [6, 6.07) is 0. The van der Waals surface area contributed by atoms with Gasteiger partial charge in [0.1, 0.15) is 5.69 Å². The van der Waals surface area contributed by atoms with E-state index in [9.17, 15) is 18.0 Å². The number of rotatable bonds is 1. The Kier molecular flexibility index (Phi) is 3.89. The van der Waals surface area contributed by atoms with Gasteiger partial charge in [0.15, 0.2) is 0 Å². The van der Waals surface area contributed by atoms with E-state index < -0.39 is 18.0 Å². The van der Waals surface area contributed by atoms with E-state index in [0.717, 1.165) is 0 Å². The van der Waals surface area contributed by atoms with Crippen molar-refractivity contribution in [2.75, 3.05) is 13.1 Å². The summed E-state index contributed by atoms with van der Waals surface area (Å²) in [6.07, 6.45) is -2.34. The van der Waals surface area contributed by atoms with Crippen LogP contribution in [0.25, 0.3) is 0 Å². The highest BCUT2D eigenvalue weighted by molar-refractivity contribution is 9.10. The van der Waals surface area contributed by atoms with Gasteiger partial charge in [-0.1, -0.05) is 0 Å². The lowest BCUT2D eigenvalue weighted by Gasteiger charge is -2.33. The van der Waals surface area contributed by atoms with Gasteiger partial charge in [0.2, 0.25) is 0 Å². The predicted molar refractivity (Wildman–Crippen MR) is 65.6 cm³/mol. The molecule has 0 N–H and O–H groups in total. The number of likely N-dealkylation sites (tertiary alicyclic amines) is 1. The van der Waals surface area contributed by atoms with Gasteiger partial charge in [0.05, 0.1) is 16.6 Å². The fourth-order valence-corrected chi connectivity index (χ4v) is 2.75. The quantitative estimate of drug-likeness (QED) is 0.788. The van der Waals surface area contributed by atoms with Crippen molar-refractivity contribution in [2.24, 2.45) is 13.0 Å². The molecular formula is C11H13BrF3N3O. The van der Waals surface area contributed by atoms with Gasteiger partial charge in [0.25, 0.3) is 5.91 Å². The molecule has 1 fully saturated rings. The van der Waals surface area contributed by atoms with E-state index in [-0.39, 0.29) is 18.7 Å². The number of piperidine rings is 1. The zero-order chi connectivity index (χ0) is 14.2. The number of alkyl halides is 3. The summed E-state index contributed by atoms with van der Waals surface area (Å²) in [5.41, 5.74) is 0.280. The summed E-state index contributed by atoms with van der Waals surface area (Å²) in [5, 5.41) is 3.90. The molecule has 2 heterocycles. The molecule has 0 aromatic carbocycles. The van der Waals surface area contributed by atoms with Crippen molar-refractivity contribution in [3.8, 4) is 0 Å². The normalized spacial score (nSPS) is 20.7. The maximum atomic E-state index is 12.7. The zero-order valence-corrected chi connectivity index (χ0v) is 11.8. The molecule has 2 rings (SSSR count). The second-order valence-electron chi connectivity index (χ2n) is 4.60. The first-order valence-electron chi connectivity index (χ1n) is 5.84. The Morgan fingerprint density at radius 1 is 1.53 bits per heavy atom. The molecule has 0 saturated carbocycles. The van der Waals surface area contributed by atoms with Crippen molar-refractivity contribution in [1.82, 2.24) is 14.7 Å². The number of halogens is 4. The topological polar surface area (TPSA) is 38.1 Å². The third-order valence-electron chi connectivity index (χ3n) is 3.27. The van der Waals surface area contributed by atoms with Crippen LogP contribution in [0.5, 0.6) is 0 Å². The molecule has 1 aliphatic heterocycles.